The highest BCUT2D eigenvalue weighted by molar-refractivity contribution is 6.22. The second-order valence-corrected chi connectivity index (χ2v) is 5.04. The molecule has 0 aromatic carbocycles. The maximum Gasteiger partial charge on any atom is 0.251 e. The van der Waals surface area contributed by atoms with E-state index in [1.165, 1.54) is 0 Å². The molecule has 0 spiro atoms. The van der Waals surface area contributed by atoms with Crippen LogP contribution in [0.25, 0.3) is 0 Å². The van der Waals surface area contributed by atoms with Gasteiger partial charge in [-0.3, -0.25) is 4.79 Å². The third-order valence-corrected chi connectivity index (χ3v) is 3.41. The molecule has 0 bridgehead atoms. The van der Waals surface area contributed by atoms with Crippen molar-refractivity contribution in [3.8, 4) is 0 Å². The SMILES string of the molecule is CN1CCC(NC(=O)C2=CC(Cl)NC=C2)CC1. The number of nitrogens with zero attached hydrogens (tertiary/aromatic N) is 1. The van der Waals surface area contributed by atoms with E-state index in [1.54, 1.807) is 18.4 Å². The van der Waals surface area contributed by atoms with Crippen molar-refractivity contribution in [2.75, 3.05) is 20.1 Å². The molecule has 2 aliphatic rings. The van der Waals surface area contributed by atoms with E-state index in [4.69, 9.17) is 11.6 Å². The molecule has 1 fully saturated rings. The molecule has 2 N–H and O–H groups in total. The maximum absolute atomic E-state index is 12.0. The normalized spacial score (nSPS) is 26.2. The number of nitrogens with one attached hydrogen (secondary N) is 2. The second-order valence-electron chi connectivity index (χ2n) is 4.57. The van der Waals surface area contributed by atoms with Crippen LogP contribution in [0.5, 0.6) is 0 Å². The molecular weight excluding hydrogens is 238 g/mol. The van der Waals surface area contributed by atoms with E-state index in [9.17, 15) is 4.79 Å². The van der Waals surface area contributed by atoms with Crippen molar-refractivity contribution in [1.82, 2.24) is 15.5 Å². The average Bonchev–Trinajstić information content (AvgIpc) is 2.32. The highest BCUT2D eigenvalue weighted by Gasteiger charge is 2.20. The van der Waals surface area contributed by atoms with Crippen molar-refractivity contribution in [2.45, 2.75) is 24.4 Å². The summed E-state index contributed by atoms with van der Waals surface area (Å²) in [5.41, 5.74) is 0.348. The van der Waals surface area contributed by atoms with E-state index in [1.807, 2.05) is 0 Å². The minimum Gasteiger partial charge on any atom is -0.372 e. The quantitative estimate of drug-likeness (QED) is 0.567. The van der Waals surface area contributed by atoms with E-state index in [0.29, 0.717) is 5.57 Å². The smallest absolute Gasteiger partial charge is 0.251 e. The fraction of sp³-hybridized carbons (Fsp3) is 0.583. The van der Waals surface area contributed by atoms with Crippen LogP contribution in [0.2, 0.25) is 0 Å². The van der Waals surface area contributed by atoms with Crippen molar-refractivity contribution in [3.63, 3.8) is 0 Å². The number of piperidine rings is 1. The van der Waals surface area contributed by atoms with E-state index in [0.717, 1.165) is 25.9 Å². The summed E-state index contributed by atoms with van der Waals surface area (Å²) in [5.74, 6) is -0.0250. The zero-order valence-electron chi connectivity index (χ0n) is 9.95. The van der Waals surface area contributed by atoms with Crippen LogP contribution in [0.4, 0.5) is 0 Å². The van der Waals surface area contributed by atoms with Crippen LogP contribution in [0.3, 0.4) is 0 Å². The summed E-state index contributed by atoms with van der Waals surface area (Å²) < 4.78 is 0. The molecule has 2 rings (SSSR count). The van der Waals surface area contributed by atoms with Crippen LogP contribution in [0, 0.1) is 0 Å². The molecule has 1 amide bonds. The Morgan fingerprint density at radius 3 is 2.88 bits per heavy atom. The average molecular weight is 256 g/mol. The summed E-state index contributed by atoms with van der Waals surface area (Å²) in [5, 5.41) is 5.96. The van der Waals surface area contributed by atoms with Gasteiger partial charge in [-0.2, -0.15) is 0 Å². The zero-order chi connectivity index (χ0) is 12.3. The van der Waals surface area contributed by atoms with Crippen molar-refractivity contribution in [3.05, 3.63) is 23.9 Å². The molecule has 0 aromatic heterocycles. The van der Waals surface area contributed by atoms with Crippen molar-refractivity contribution in [1.29, 1.82) is 0 Å². The number of amides is 1. The Kier molecular flexibility index (Phi) is 4.07. The van der Waals surface area contributed by atoms with Crippen molar-refractivity contribution < 1.29 is 4.79 Å². The minimum atomic E-state index is -0.293. The summed E-state index contributed by atoms with van der Waals surface area (Å²) in [6, 6.07) is 0.289. The van der Waals surface area contributed by atoms with Gasteiger partial charge in [0.1, 0.15) is 5.50 Å². The fourth-order valence-corrected chi connectivity index (χ4v) is 2.27. The number of hydrogen-bond donors (Lipinski definition) is 2. The molecule has 1 saturated heterocycles. The van der Waals surface area contributed by atoms with Gasteiger partial charge in [0.05, 0.1) is 0 Å². The number of alkyl halides is 1. The van der Waals surface area contributed by atoms with Gasteiger partial charge < -0.3 is 15.5 Å². The van der Waals surface area contributed by atoms with Gasteiger partial charge in [0.25, 0.3) is 5.91 Å². The first kappa shape index (κ1) is 12.5. The standard InChI is InChI=1S/C12H18ClN3O/c1-16-6-3-10(4-7-16)15-12(17)9-2-5-14-11(13)8-9/h2,5,8,10-11,14H,3-4,6-7H2,1H3,(H,15,17). The minimum absolute atomic E-state index is 0.0250. The van der Waals surface area contributed by atoms with Crippen molar-refractivity contribution >= 4 is 17.5 Å². The zero-order valence-corrected chi connectivity index (χ0v) is 10.7. The lowest BCUT2D eigenvalue weighted by Gasteiger charge is -2.29. The van der Waals surface area contributed by atoms with Crippen LogP contribution in [-0.4, -0.2) is 42.5 Å². The highest BCUT2D eigenvalue weighted by Crippen LogP contribution is 2.12. The largest absolute Gasteiger partial charge is 0.372 e. The number of likely N-dealkylation sites (tertiary alicyclic amines) is 1. The molecule has 17 heavy (non-hydrogen) atoms. The highest BCUT2D eigenvalue weighted by atomic mass is 35.5. The summed E-state index contributed by atoms with van der Waals surface area (Å²) in [7, 11) is 2.11. The summed E-state index contributed by atoms with van der Waals surface area (Å²) >= 11 is 5.89. The van der Waals surface area contributed by atoms with Gasteiger partial charge in [-0.15, -0.1) is 0 Å². The topological polar surface area (TPSA) is 44.4 Å². The molecule has 94 valence electrons. The predicted octanol–water partition coefficient (Wildman–Crippen LogP) is 0.805. The Hall–Kier alpha value is -1.00. The molecule has 0 aliphatic carbocycles. The van der Waals surface area contributed by atoms with Gasteiger partial charge >= 0.3 is 0 Å². The van der Waals surface area contributed by atoms with Crippen LogP contribution in [0.15, 0.2) is 23.9 Å². The van der Waals surface area contributed by atoms with E-state index in [-0.39, 0.29) is 17.5 Å². The molecule has 1 unspecified atom stereocenters. The predicted molar refractivity (Wildman–Crippen MR) is 68.7 cm³/mol. The van der Waals surface area contributed by atoms with Crippen LogP contribution >= 0.6 is 11.6 Å². The summed E-state index contributed by atoms with van der Waals surface area (Å²) in [4.78, 5) is 14.2. The summed E-state index contributed by atoms with van der Waals surface area (Å²) in [6.07, 6.45) is 7.22. The first-order valence-corrected chi connectivity index (χ1v) is 6.36. The lowest BCUT2D eigenvalue weighted by atomic mass is 10.0. The van der Waals surface area contributed by atoms with Gasteiger partial charge in [-0.1, -0.05) is 11.6 Å². The van der Waals surface area contributed by atoms with Crippen LogP contribution in [0.1, 0.15) is 12.8 Å². The number of dihydropyridines is 1. The third-order valence-electron chi connectivity index (χ3n) is 3.16. The Labute approximate surface area is 107 Å². The number of carbonyl (C=O) groups is 1. The monoisotopic (exact) mass is 255 g/mol. The molecule has 0 aromatic rings. The first-order valence-electron chi connectivity index (χ1n) is 5.93. The molecular formula is C12H18ClN3O. The Balaban J connectivity index is 1.87. The molecule has 2 heterocycles. The maximum atomic E-state index is 12.0. The van der Waals surface area contributed by atoms with Gasteiger partial charge in [0.2, 0.25) is 0 Å². The number of hydrogen-bond acceptors (Lipinski definition) is 3. The Morgan fingerprint density at radius 1 is 1.53 bits per heavy atom. The molecule has 5 heteroatoms. The lowest BCUT2D eigenvalue weighted by molar-refractivity contribution is -0.118. The van der Waals surface area contributed by atoms with Crippen LogP contribution < -0.4 is 10.6 Å². The van der Waals surface area contributed by atoms with Gasteiger partial charge in [0, 0.05) is 11.6 Å². The Bertz CT molecular complexity index is 346. The molecule has 2 aliphatic heterocycles. The fourth-order valence-electron chi connectivity index (χ4n) is 2.06. The lowest BCUT2D eigenvalue weighted by Crippen LogP contribution is -2.44. The Morgan fingerprint density at radius 2 is 2.24 bits per heavy atom. The first-order chi connectivity index (χ1) is 8.15. The van der Waals surface area contributed by atoms with Gasteiger partial charge in [0.15, 0.2) is 0 Å². The molecule has 0 saturated carbocycles. The van der Waals surface area contributed by atoms with E-state index < -0.39 is 0 Å². The van der Waals surface area contributed by atoms with Gasteiger partial charge in [-0.05, 0) is 51.3 Å². The molecule has 1 atom stereocenters. The van der Waals surface area contributed by atoms with Gasteiger partial charge in [-0.25, -0.2) is 0 Å². The van der Waals surface area contributed by atoms with Crippen LogP contribution in [-0.2, 0) is 4.79 Å². The van der Waals surface area contributed by atoms with E-state index >= 15 is 0 Å². The summed E-state index contributed by atoms with van der Waals surface area (Å²) in [6.45, 7) is 2.08. The van der Waals surface area contributed by atoms with Crippen molar-refractivity contribution in [2.24, 2.45) is 0 Å². The second kappa shape index (κ2) is 5.56. The number of rotatable bonds is 2. The number of halogens is 1. The molecule has 0 radical (unpaired) electrons. The van der Waals surface area contributed by atoms with E-state index in [2.05, 4.69) is 22.6 Å². The number of carbonyl (C=O) groups excluding carboxylic acids is 1. The third kappa shape index (κ3) is 3.48. The molecule has 4 nitrogen and oxygen atoms in total.